The molecule has 168 valence electrons. The number of nitrogens with zero attached hydrogens (tertiary/aromatic N) is 1. The maximum Gasteiger partial charge on any atom is 0.111 e. The van der Waals surface area contributed by atoms with Crippen LogP contribution in [0.25, 0.3) is 0 Å². The molecule has 0 amide bonds. The van der Waals surface area contributed by atoms with Crippen LogP contribution >= 0.6 is 35.4 Å². The lowest BCUT2D eigenvalue weighted by Gasteiger charge is -2.29. The molecule has 1 saturated carbocycles. The standard InChI is InChI=1S/C28H31Cl2NS/c1-3-5-6-7-20-8-11-24(12-9-20)25-15-14-23(22(4-2)18-25)13-10-21-16-26(29)28(31-19-32)27(30)17-21/h14-18,20,24H,3-9,11-12H2,1-2H3. The van der Waals surface area contributed by atoms with E-state index < -0.39 is 0 Å². The first kappa shape index (κ1) is 25.0. The van der Waals surface area contributed by atoms with Gasteiger partial charge in [0.1, 0.15) is 5.69 Å². The topological polar surface area (TPSA) is 12.4 Å². The van der Waals surface area contributed by atoms with E-state index in [4.69, 9.17) is 23.2 Å². The van der Waals surface area contributed by atoms with E-state index in [9.17, 15) is 0 Å². The number of aliphatic imine (C=N–C) groups is 1. The molecule has 0 N–H and O–H groups in total. The number of hydrogen-bond acceptors (Lipinski definition) is 2. The average Bonchev–Trinajstić information content (AvgIpc) is 2.80. The average molecular weight is 485 g/mol. The predicted octanol–water partition coefficient (Wildman–Crippen LogP) is 9.54. The molecule has 0 atom stereocenters. The van der Waals surface area contributed by atoms with Crippen molar-refractivity contribution in [3.8, 4) is 11.8 Å². The fourth-order valence-electron chi connectivity index (χ4n) is 4.68. The Kier molecular flexibility index (Phi) is 9.83. The molecule has 0 unspecified atom stereocenters. The third kappa shape index (κ3) is 6.69. The SMILES string of the molecule is CCCCCC1CCC(c2ccc(C#Cc3cc(Cl)c(N=C=S)c(Cl)c3)c(CC)c2)CC1. The maximum absolute atomic E-state index is 6.27. The van der Waals surface area contributed by atoms with E-state index in [1.54, 1.807) is 12.1 Å². The minimum atomic E-state index is 0.426. The summed E-state index contributed by atoms with van der Waals surface area (Å²) in [7, 11) is 0. The monoisotopic (exact) mass is 483 g/mol. The molecule has 0 bridgehead atoms. The highest BCUT2D eigenvalue weighted by atomic mass is 35.5. The molecule has 0 radical (unpaired) electrons. The minimum absolute atomic E-state index is 0.426. The fourth-order valence-corrected chi connectivity index (χ4v) is 5.34. The summed E-state index contributed by atoms with van der Waals surface area (Å²) in [5.74, 6) is 8.16. The van der Waals surface area contributed by atoms with Gasteiger partial charge in [-0.2, -0.15) is 4.99 Å². The van der Waals surface area contributed by atoms with Gasteiger partial charge in [-0.25, -0.2) is 0 Å². The van der Waals surface area contributed by atoms with Gasteiger partial charge in [-0.15, -0.1) is 0 Å². The molecule has 3 rings (SSSR count). The third-order valence-corrected chi connectivity index (χ3v) is 7.23. The number of aryl methyl sites for hydroxylation is 1. The largest absolute Gasteiger partial charge is 0.192 e. The molecule has 0 aliphatic heterocycles. The van der Waals surface area contributed by atoms with E-state index in [0.29, 0.717) is 21.7 Å². The number of hydrogen-bond donors (Lipinski definition) is 0. The van der Waals surface area contributed by atoms with Gasteiger partial charge in [0.25, 0.3) is 0 Å². The molecule has 32 heavy (non-hydrogen) atoms. The van der Waals surface area contributed by atoms with Gasteiger partial charge in [0.2, 0.25) is 0 Å². The second-order valence-electron chi connectivity index (χ2n) is 8.73. The van der Waals surface area contributed by atoms with Crippen molar-refractivity contribution >= 4 is 46.3 Å². The Balaban J connectivity index is 1.72. The first-order chi connectivity index (χ1) is 15.5. The first-order valence-electron chi connectivity index (χ1n) is 11.8. The second-order valence-corrected chi connectivity index (χ2v) is 9.72. The quantitative estimate of drug-likeness (QED) is 0.165. The first-order valence-corrected chi connectivity index (χ1v) is 12.9. The summed E-state index contributed by atoms with van der Waals surface area (Å²) in [5.41, 5.74) is 5.05. The van der Waals surface area contributed by atoms with E-state index >= 15 is 0 Å². The van der Waals surface area contributed by atoms with Crippen molar-refractivity contribution in [3.05, 3.63) is 62.6 Å². The summed E-state index contributed by atoms with van der Waals surface area (Å²) in [4.78, 5) is 3.92. The molecule has 1 aliphatic carbocycles. The Morgan fingerprint density at radius 2 is 1.69 bits per heavy atom. The Morgan fingerprint density at radius 3 is 2.31 bits per heavy atom. The number of rotatable bonds is 7. The highest BCUT2D eigenvalue weighted by Gasteiger charge is 2.22. The van der Waals surface area contributed by atoms with E-state index in [1.165, 1.54) is 62.5 Å². The van der Waals surface area contributed by atoms with Crippen molar-refractivity contribution in [2.45, 2.75) is 77.6 Å². The molecule has 2 aromatic rings. The lowest BCUT2D eigenvalue weighted by atomic mass is 9.76. The Hall–Kier alpha value is -1.62. The van der Waals surface area contributed by atoms with Crippen LogP contribution in [0.4, 0.5) is 5.69 Å². The number of benzene rings is 2. The predicted molar refractivity (Wildman–Crippen MR) is 142 cm³/mol. The maximum atomic E-state index is 6.27. The highest BCUT2D eigenvalue weighted by molar-refractivity contribution is 7.78. The molecule has 0 heterocycles. The number of thiocarbonyl (C=S) groups is 1. The Labute approximate surface area is 208 Å². The molecule has 0 aromatic heterocycles. The molecule has 2 aromatic carbocycles. The van der Waals surface area contributed by atoms with E-state index in [2.05, 4.69) is 66.3 Å². The van der Waals surface area contributed by atoms with Crippen LogP contribution in [0.15, 0.2) is 35.3 Å². The van der Waals surface area contributed by atoms with Gasteiger partial charge in [-0.3, -0.25) is 0 Å². The van der Waals surface area contributed by atoms with Crippen LogP contribution in [0, 0.1) is 17.8 Å². The molecule has 0 saturated heterocycles. The third-order valence-electron chi connectivity index (χ3n) is 6.56. The molecular formula is C28H31Cl2NS. The summed E-state index contributed by atoms with van der Waals surface area (Å²) in [6.07, 6.45) is 11.9. The van der Waals surface area contributed by atoms with Gasteiger partial charge < -0.3 is 0 Å². The van der Waals surface area contributed by atoms with E-state index in [-0.39, 0.29) is 0 Å². The van der Waals surface area contributed by atoms with Crippen LogP contribution < -0.4 is 0 Å². The molecule has 1 nitrogen and oxygen atoms in total. The van der Waals surface area contributed by atoms with Gasteiger partial charge >= 0.3 is 0 Å². The Morgan fingerprint density at radius 1 is 0.969 bits per heavy atom. The van der Waals surface area contributed by atoms with Crippen molar-refractivity contribution < 1.29 is 0 Å². The molecule has 1 aliphatic rings. The van der Waals surface area contributed by atoms with Gasteiger partial charge in [-0.05, 0) is 85.5 Å². The second kappa shape index (κ2) is 12.6. The normalized spacial score (nSPS) is 17.9. The molecular weight excluding hydrogens is 453 g/mol. The van der Waals surface area contributed by atoms with Crippen molar-refractivity contribution in [1.29, 1.82) is 0 Å². The van der Waals surface area contributed by atoms with Gasteiger partial charge in [0, 0.05) is 11.1 Å². The molecule has 0 spiro atoms. The lowest BCUT2D eigenvalue weighted by molar-refractivity contribution is 0.302. The number of halogens is 2. The van der Waals surface area contributed by atoms with Gasteiger partial charge in [-0.1, -0.05) is 86.7 Å². The van der Waals surface area contributed by atoms with Crippen LogP contribution in [0.5, 0.6) is 0 Å². The van der Waals surface area contributed by atoms with Crippen molar-refractivity contribution in [2.24, 2.45) is 10.9 Å². The zero-order valence-electron chi connectivity index (χ0n) is 19.0. The zero-order valence-corrected chi connectivity index (χ0v) is 21.3. The van der Waals surface area contributed by atoms with Crippen LogP contribution in [0.2, 0.25) is 10.0 Å². The van der Waals surface area contributed by atoms with E-state index in [1.807, 2.05) is 0 Å². The van der Waals surface area contributed by atoms with Gasteiger partial charge in [0.15, 0.2) is 0 Å². The number of isothiocyanates is 1. The van der Waals surface area contributed by atoms with Crippen LogP contribution in [-0.2, 0) is 6.42 Å². The van der Waals surface area contributed by atoms with Crippen LogP contribution in [-0.4, -0.2) is 5.16 Å². The fraction of sp³-hybridized carbons (Fsp3) is 0.464. The smallest absolute Gasteiger partial charge is 0.111 e. The molecule has 1 fully saturated rings. The zero-order chi connectivity index (χ0) is 22.9. The van der Waals surface area contributed by atoms with Crippen LogP contribution in [0.3, 0.4) is 0 Å². The van der Waals surface area contributed by atoms with Crippen molar-refractivity contribution in [1.82, 2.24) is 0 Å². The van der Waals surface area contributed by atoms with Crippen molar-refractivity contribution in [2.75, 3.05) is 0 Å². The highest BCUT2D eigenvalue weighted by Crippen LogP contribution is 2.38. The summed E-state index contributed by atoms with van der Waals surface area (Å²) < 4.78 is 0. The van der Waals surface area contributed by atoms with Crippen LogP contribution in [0.1, 0.15) is 93.4 Å². The number of unbranched alkanes of at least 4 members (excludes halogenated alkanes) is 2. The van der Waals surface area contributed by atoms with E-state index in [0.717, 1.165) is 23.5 Å². The lowest BCUT2D eigenvalue weighted by Crippen LogP contribution is -2.13. The van der Waals surface area contributed by atoms with Gasteiger partial charge in [0.05, 0.1) is 15.2 Å². The molecule has 4 heteroatoms. The van der Waals surface area contributed by atoms with Crippen molar-refractivity contribution in [3.63, 3.8) is 0 Å². The summed E-state index contributed by atoms with van der Waals surface area (Å²) in [5, 5.41) is 3.16. The Bertz CT molecular complexity index is 1010. The summed E-state index contributed by atoms with van der Waals surface area (Å²) in [6.45, 7) is 4.48. The summed E-state index contributed by atoms with van der Waals surface area (Å²) in [6, 6.07) is 10.4. The minimum Gasteiger partial charge on any atom is -0.192 e. The summed E-state index contributed by atoms with van der Waals surface area (Å²) >= 11 is 17.2.